The molecule has 0 bridgehead atoms. The zero-order valence-electron chi connectivity index (χ0n) is 14.8. The molecule has 134 valence electrons. The van der Waals surface area contributed by atoms with Crippen LogP contribution in [0.4, 0.5) is 11.6 Å². The number of hydrogen-bond donors (Lipinski definition) is 0. The third kappa shape index (κ3) is 3.92. The van der Waals surface area contributed by atoms with Crippen molar-refractivity contribution in [2.45, 2.75) is 38.8 Å². The second kappa shape index (κ2) is 7.39. The molecule has 0 aromatic carbocycles. The van der Waals surface area contributed by atoms with Gasteiger partial charge in [0.2, 0.25) is 0 Å². The zero-order valence-corrected chi connectivity index (χ0v) is 14.8. The normalized spacial score (nSPS) is 21.6. The predicted molar refractivity (Wildman–Crippen MR) is 97.0 cm³/mol. The van der Waals surface area contributed by atoms with Crippen molar-refractivity contribution in [3.8, 4) is 0 Å². The predicted octanol–water partition coefficient (Wildman–Crippen LogP) is 1.88. The summed E-state index contributed by atoms with van der Waals surface area (Å²) in [5, 5.41) is 4.37. The maximum Gasteiger partial charge on any atom is 0.134 e. The van der Waals surface area contributed by atoms with Crippen molar-refractivity contribution >= 4 is 11.6 Å². The summed E-state index contributed by atoms with van der Waals surface area (Å²) < 4.78 is 7.89. The molecule has 0 amide bonds. The average molecular weight is 342 g/mol. The molecule has 25 heavy (non-hydrogen) atoms. The van der Waals surface area contributed by atoms with Gasteiger partial charge >= 0.3 is 0 Å². The summed E-state index contributed by atoms with van der Waals surface area (Å²) in [5.41, 5.74) is 1.18. The topological polar surface area (TPSA) is 59.3 Å². The van der Waals surface area contributed by atoms with Crippen molar-refractivity contribution in [2.24, 2.45) is 0 Å². The third-order valence-electron chi connectivity index (χ3n) is 4.93. The fourth-order valence-electron chi connectivity index (χ4n) is 3.62. The van der Waals surface area contributed by atoms with E-state index >= 15 is 0 Å². The van der Waals surface area contributed by atoms with Crippen molar-refractivity contribution in [3.63, 3.8) is 0 Å². The molecule has 2 aliphatic rings. The van der Waals surface area contributed by atoms with Gasteiger partial charge in [0.1, 0.15) is 18.0 Å². The molecule has 0 radical (unpaired) electrons. The van der Waals surface area contributed by atoms with E-state index < -0.39 is 0 Å². The Bertz CT molecular complexity index is 696. The van der Waals surface area contributed by atoms with Gasteiger partial charge in [0.15, 0.2) is 0 Å². The van der Waals surface area contributed by atoms with Crippen LogP contribution in [0.1, 0.15) is 24.8 Å². The van der Waals surface area contributed by atoms with Crippen molar-refractivity contribution < 1.29 is 4.74 Å². The van der Waals surface area contributed by atoms with Crippen LogP contribution in [0.2, 0.25) is 0 Å². The molecule has 4 rings (SSSR count). The van der Waals surface area contributed by atoms with Crippen LogP contribution in [0.15, 0.2) is 24.8 Å². The van der Waals surface area contributed by atoms with Crippen molar-refractivity contribution in [2.75, 3.05) is 42.6 Å². The number of hydrogen-bond acceptors (Lipinski definition) is 6. The fraction of sp³-hybridized carbons (Fsp3) is 0.611. The highest BCUT2D eigenvalue weighted by molar-refractivity contribution is 5.50. The second-order valence-electron chi connectivity index (χ2n) is 6.96. The van der Waals surface area contributed by atoms with E-state index in [-0.39, 0.29) is 6.10 Å². The highest BCUT2D eigenvalue weighted by Crippen LogP contribution is 2.22. The van der Waals surface area contributed by atoms with Gasteiger partial charge in [-0.2, -0.15) is 5.10 Å². The summed E-state index contributed by atoms with van der Waals surface area (Å²) >= 11 is 0. The molecule has 2 fully saturated rings. The van der Waals surface area contributed by atoms with Gasteiger partial charge in [-0.3, -0.25) is 4.68 Å². The molecule has 2 aliphatic heterocycles. The van der Waals surface area contributed by atoms with E-state index in [1.807, 2.05) is 10.9 Å². The van der Waals surface area contributed by atoms with E-state index in [1.54, 1.807) is 6.33 Å². The molecule has 2 aromatic rings. The molecule has 0 saturated carbocycles. The summed E-state index contributed by atoms with van der Waals surface area (Å²) in [5.74, 6) is 2.05. The van der Waals surface area contributed by atoms with Crippen LogP contribution in [0, 0.1) is 6.92 Å². The number of aryl methyl sites for hydroxylation is 1. The van der Waals surface area contributed by atoms with Crippen molar-refractivity contribution in [3.05, 3.63) is 30.4 Å². The summed E-state index contributed by atoms with van der Waals surface area (Å²) in [6, 6.07) is 2.13. The minimum atomic E-state index is 0.126. The molecule has 2 saturated heterocycles. The minimum Gasteiger partial charge on any atom is -0.373 e. The van der Waals surface area contributed by atoms with E-state index in [2.05, 4.69) is 44.1 Å². The molecular formula is C18H26N6O. The summed E-state index contributed by atoms with van der Waals surface area (Å²) in [4.78, 5) is 13.7. The summed E-state index contributed by atoms with van der Waals surface area (Å²) in [6.45, 7) is 7.44. The zero-order chi connectivity index (χ0) is 17.1. The first kappa shape index (κ1) is 16.3. The first-order valence-electron chi connectivity index (χ1n) is 9.20. The van der Waals surface area contributed by atoms with Crippen molar-refractivity contribution in [1.29, 1.82) is 0 Å². The third-order valence-corrected chi connectivity index (χ3v) is 4.93. The van der Waals surface area contributed by atoms with Crippen LogP contribution in [0.3, 0.4) is 0 Å². The van der Waals surface area contributed by atoms with Crippen LogP contribution in [0.25, 0.3) is 0 Å². The standard InChI is InChI=1S/C18H26N6O/c1-15-10-21-24(11-15)13-16-12-23(7-8-25-16)18-9-17(19-14-20-18)22-5-3-2-4-6-22/h9-11,14,16H,2-8,12-13H2,1H3. The van der Waals surface area contributed by atoms with Crippen LogP contribution in [0.5, 0.6) is 0 Å². The Hall–Kier alpha value is -2.15. The summed E-state index contributed by atoms with van der Waals surface area (Å²) in [6.07, 6.45) is 9.59. The lowest BCUT2D eigenvalue weighted by Crippen LogP contribution is -2.44. The number of rotatable bonds is 4. The largest absolute Gasteiger partial charge is 0.373 e. The minimum absolute atomic E-state index is 0.126. The van der Waals surface area contributed by atoms with Gasteiger partial charge in [-0.05, 0) is 31.7 Å². The van der Waals surface area contributed by atoms with Gasteiger partial charge < -0.3 is 14.5 Å². The number of anilines is 2. The first-order chi connectivity index (χ1) is 12.3. The highest BCUT2D eigenvalue weighted by Gasteiger charge is 2.23. The van der Waals surface area contributed by atoms with E-state index in [4.69, 9.17) is 4.74 Å². The molecule has 0 N–H and O–H groups in total. The maximum atomic E-state index is 5.93. The molecule has 1 atom stereocenters. The smallest absolute Gasteiger partial charge is 0.134 e. The second-order valence-corrected chi connectivity index (χ2v) is 6.96. The first-order valence-corrected chi connectivity index (χ1v) is 9.20. The van der Waals surface area contributed by atoms with Gasteiger partial charge in [0.25, 0.3) is 0 Å². The highest BCUT2D eigenvalue weighted by atomic mass is 16.5. The molecule has 4 heterocycles. The van der Waals surface area contributed by atoms with Gasteiger partial charge in [-0.25, -0.2) is 9.97 Å². The Morgan fingerprint density at radius 3 is 2.64 bits per heavy atom. The Morgan fingerprint density at radius 2 is 1.88 bits per heavy atom. The lowest BCUT2D eigenvalue weighted by Gasteiger charge is -2.34. The van der Waals surface area contributed by atoms with Crippen LogP contribution in [-0.2, 0) is 11.3 Å². The number of piperidine rings is 1. The van der Waals surface area contributed by atoms with E-state index in [1.165, 1.54) is 24.8 Å². The van der Waals surface area contributed by atoms with E-state index in [9.17, 15) is 0 Å². The Morgan fingerprint density at radius 1 is 1.08 bits per heavy atom. The Kier molecular flexibility index (Phi) is 4.83. The van der Waals surface area contributed by atoms with Gasteiger partial charge in [-0.1, -0.05) is 0 Å². The van der Waals surface area contributed by atoms with E-state index in [0.717, 1.165) is 44.4 Å². The molecule has 7 heteroatoms. The van der Waals surface area contributed by atoms with Gasteiger partial charge in [-0.15, -0.1) is 0 Å². The molecule has 7 nitrogen and oxygen atoms in total. The number of nitrogens with zero attached hydrogens (tertiary/aromatic N) is 6. The number of aromatic nitrogens is 4. The summed E-state index contributed by atoms with van der Waals surface area (Å²) in [7, 11) is 0. The lowest BCUT2D eigenvalue weighted by molar-refractivity contribution is 0.0272. The van der Waals surface area contributed by atoms with Crippen LogP contribution < -0.4 is 9.80 Å². The quantitative estimate of drug-likeness (QED) is 0.845. The molecule has 1 unspecified atom stereocenters. The van der Waals surface area contributed by atoms with E-state index in [0.29, 0.717) is 6.61 Å². The van der Waals surface area contributed by atoms with Gasteiger partial charge in [0.05, 0.1) is 25.5 Å². The molecule has 2 aromatic heterocycles. The number of morpholine rings is 1. The monoisotopic (exact) mass is 342 g/mol. The molecule has 0 aliphatic carbocycles. The Balaban J connectivity index is 1.43. The fourth-order valence-corrected chi connectivity index (χ4v) is 3.62. The van der Waals surface area contributed by atoms with Gasteiger partial charge in [0, 0.05) is 38.4 Å². The molecule has 0 spiro atoms. The lowest BCUT2D eigenvalue weighted by atomic mass is 10.1. The Labute approximate surface area is 148 Å². The van der Waals surface area contributed by atoms with Crippen LogP contribution in [-0.4, -0.2) is 58.6 Å². The maximum absolute atomic E-state index is 5.93. The molecular weight excluding hydrogens is 316 g/mol. The average Bonchev–Trinajstić information content (AvgIpc) is 3.07. The van der Waals surface area contributed by atoms with Crippen LogP contribution >= 0.6 is 0 Å². The number of ether oxygens (including phenoxy) is 1. The SMILES string of the molecule is Cc1cnn(CC2CN(c3cc(N4CCCCC4)ncn3)CCO2)c1. The van der Waals surface area contributed by atoms with Crippen molar-refractivity contribution in [1.82, 2.24) is 19.7 Å².